The molecule has 0 bridgehead atoms. The Hall–Kier alpha value is -1.37. The van der Waals surface area contributed by atoms with Gasteiger partial charge in [0.05, 0.1) is 36.4 Å². The molecular weight excluding hydrogens is 258 g/mol. The van der Waals surface area contributed by atoms with E-state index in [-0.39, 0.29) is 29.4 Å². The number of hydrogen-bond acceptors (Lipinski definition) is 5. The van der Waals surface area contributed by atoms with Crippen LogP contribution in [0.3, 0.4) is 0 Å². The van der Waals surface area contributed by atoms with Gasteiger partial charge in [0.15, 0.2) is 0 Å². The van der Waals surface area contributed by atoms with Crippen LogP contribution in [0.5, 0.6) is 0 Å². The summed E-state index contributed by atoms with van der Waals surface area (Å²) in [5.41, 5.74) is 5.85. The Bertz CT molecular complexity index is 455. The molecule has 1 aromatic rings. The number of nitrogens with zero attached hydrogens (tertiary/aromatic N) is 2. The highest BCUT2D eigenvalue weighted by molar-refractivity contribution is 6.33. The molecule has 0 saturated carbocycles. The van der Waals surface area contributed by atoms with Gasteiger partial charge in [-0.25, -0.2) is 4.98 Å². The summed E-state index contributed by atoms with van der Waals surface area (Å²) in [6.45, 7) is 1.09. The second-order valence-electron chi connectivity index (χ2n) is 4.00. The Balaban J connectivity index is 2.21. The molecule has 1 amide bonds. The standard InChI is InChI=1S/C11H14ClN3O3/c12-9-3-7(4-14-10(9)13)11(17)15-1-2-18-6-8(15)5-16/h3-4,8,16H,1-2,5-6H2,(H2,13,14). The van der Waals surface area contributed by atoms with E-state index in [4.69, 9.17) is 22.1 Å². The number of halogens is 1. The number of pyridine rings is 1. The Morgan fingerprint density at radius 3 is 3.17 bits per heavy atom. The number of nitrogens with two attached hydrogens (primary N) is 1. The van der Waals surface area contributed by atoms with Crippen molar-refractivity contribution in [1.29, 1.82) is 0 Å². The largest absolute Gasteiger partial charge is 0.394 e. The van der Waals surface area contributed by atoms with Gasteiger partial charge in [-0.15, -0.1) is 0 Å². The zero-order valence-electron chi connectivity index (χ0n) is 9.67. The lowest BCUT2D eigenvalue weighted by atomic mass is 10.2. The van der Waals surface area contributed by atoms with Crippen LogP contribution in [0.2, 0.25) is 5.02 Å². The van der Waals surface area contributed by atoms with E-state index < -0.39 is 0 Å². The zero-order valence-corrected chi connectivity index (χ0v) is 10.4. The summed E-state index contributed by atoms with van der Waals surface area (Å²) in [4.78, 5) is 17.7. The van der Waals surface area contributed by atoms with E-state index in [1.54, 1.807) is 4.90 Å². The van der Waals surface area contributed by atoms with Crippen LogP contribution >= 0.6 is 11.6 Å². The smallest absolute Gasteiger partial charge is 0.255 e. The fourth-order valence-corrected chi connectivity index (χ4v) is 1.97. The van der Waals surface area contributed by atoms with Crippen LogP contribution in [0.1, 0.15) is 10.4 Å². The predicted molar refractivity (Wildman–Crippen MR) is 66.4 cm³/mol. The van der Waals surface area contributed by atoms with E-state index >= 15 is 0 Å². The number of carbonyl (C=O) groups is 1. The molecule has 7 heteroatoms. The van der Waals surface area contributed by atoms with Crippen molar-refractivity contribution >= 4 is 23.3 Å². The first-order chi connectivity index (χ1) is 8.63. The van der Waals surface area contributed by atoms with Crippen LogP contribution in [-0.4, -0.2) is 53.3 Å². The monoisotopic (exact) mass is 271 g/mol. The van der Waals surface area contributed by atoms with Crippen LogP contribution in [0.25, 0.3) is 0 Å². The molecule has 1 unspecified atom stereocenters. The number of anilines is 1. The first kappa shape index (κ1) is 13.1. The molecule has 2 rings (SSSR count). The molecule has 3 N–H and O–H groups in total. The van der Waals surface area contributed by atoms with Crippen LogP contribution in [0.4, 0.5) is 5.82 Å². The molecule has 2 heterocycles. The fraction of sp³-hybridized carbons (Fsp3) is 0.455. The minimum absolute atomic E-state index is 0.137. The van der Waals surface area contributed by atoms with E-state index in [9.17, 15) is 9.90 Å². The van der Waals surface area contributed by atoms with Crippen molar-refractivity contribution in [3.8, 4) is 0 Å². The SMILES string of the molecule is Nc1ncc(C(=O)N2CCOCC2CO)cc1Cl. The van der Waals surface area contributed by atoms with Crippen molar-refractivity contribution in [3.63, 3.8) is 0 Å². The predicted octanol–water partition coefficient (Wildman–Crippen LogP) is 0.151. The van der Waals surface area contributed by atoms with E-state index in [0.29, 0.717) is 25.3 Å². The van der Waals surface area contributed by atoms with Gasteiger partial charge < -0.3 is 20.5 Å². The van der Waals surface area contributed by atoms with Gasteiger partial charge in [-0.1, -0.05) is 11.6 Å². The maximum atomic E-state index is 12.3. The van der Waals surface area contributed by atoms with Crippen molar-refractivity contribution in [2.45, 2.75) is 6.04 Å². The van der Waals surface area contributed by atoms with Crippen LogP contribution in [-0.2, 0) is 4.74 Å². The highest BCUT2D eigenvalue weighted by atomic mass is 35.5. The number of morpholine rings is 1. The number of amides is 1. The maximum Gasteiger partial charge on any atom is 0.255 e. The fourth-order valence-electron chi connectivity index (χ4n) is 1.80. The van der Waals surface area contributed by atoms with Gasteiger partial charge >= 0.3 is 0 Å². The van der Waals surface area contributed by atoms with Gasteiger partial charge in [-0.05, 0) is 6.07 Å². The zero-order chi connectivity index (χ0) is 13.1. The quantitative estimate of drug-likeness (QED) is 0.799. The number of aliphatic hydroxyl groups excluding tert-OH is 1. The molecular formula is C11H14ClN3O3. The van der Waals surface area contributed by atoms with Gasteiger partial charge in [0, 0.05) is 12.7 Å². The van der Waals surface area contributed by atoms with Crippen LogP contribution in [0.15, 0.2) is 12.3 Å². The topological polar surface area (TPSA) is 88.7 Å². The minimum atomic E-state index is -0.331. The molecule has 0 aliphatic carbocycles. The number of ether oxygens (including phenoxy) is 1. The number of aliphatic hydroxyl groups is 1. The number of carbonyl (C=O) groups excluding carboxylic acids is 1. The van der Waals surface area contributed by atoms with Crippen molar-refractivity contribution < 1.29 is 14.6 Å². The first-order valence-corrected chi connectivity index (χ1v) is 5.92. The second-order valence-corrected chi connectivity index (χ2v) is 4.41. The minimum Gasteiger partial charge on any atom is -0.394 e. The second kappa shape index (κ2) is 5.51. The van der Waals surface area contributed by atoms with E-state index in [1.807, 2.05) is 0 Å². The third-order valence-electron chi connectivity index (χ3n) is 2.82. The molecule has 18 heavy (non-hydrogen) atoms. The lowest BCUT2D eigenvalue weighted by Crippen LogP contribution is -2.50. The van der Waals surface area contributed by atoms with E-state index in [2.05, 4.69) is 4.98 Å². The van der Waals surface area contributed by atoms with Crippen molar-refractivity contribution in [2.75, 3.05) is 32.1 Å². The summed E-state index contributed by atoms with van der Waals surface area (Å²) in [6, 6.07) is 1.15. The summed E-state index contributed by atoms with van der Waals surface area (Å²) in [6.07, 6.45) is 1.38. The Morgan fingerprint density at radius 1 is 1.72 bits per heavy atom. The normalized spacial score (nSPS) is 19.9. The molecule has 1 saturated heterocycles. The molecule has 0 radical (unpaired) electrons. The van der Waals surface area contributed by atoms with E-state index in [0.717, 1.165) is 0 Å². The van der Waals surface area contributed by atoms with Crippen LogP contribution in [0, 0.1) is 0 Å². The molecule has 1 aliphatic rings. The molecule has 98 valence electrons. The number of hydrogen-bond donors (Lipinski definition) is 2. The third-order valence-corrected chi connectivity index (χ3v) is 3.12. The molecule has 1 aromatic heterocycles. The summed E-state index contributed by atoms with van der Waals surface area (Å²) < 4.78 is 5.22. The highest BCUT2D eigenvalue weighted by Crippen LogP contribution is 2.19. The van der Waals surface area contributed by atoms with Crippen molar-refractivity contribution in [3.05, 3.63) is 22.8 Å². The summed E-state index contributed by atoms with van der Waals surface area (Å²) in [5.74, 6) is -0.0411. The van der Waals surface area contributed by atoms with Crippen molar-refractivity contribution in [1.82, 2.24) is 9.88 Å². The Labute approximate surface area is 109 Å². The summed E-state index contributed by atoms with van der Waals surface area (Å²) in [5, 5.41) is 9.47. The lowest BCUT2D eigenvalue weighted by Gasteiger charge is -2.34. The average molecular weight is 272 g/mol. The highest BCUT2D eigenvalue weighted by Gasteiger charge is 2.27. The molecule has 1 aliphatic heterocycles. The maximum absolute atomic E-state index is 12.3. The molecule has 0 aromatic carbocycles. The average Bonchev–Trinajstić information content (AvgIpc) is 2.41. The summed E-state index contributed by atoms with van der Waals surface area (Å²) in [7, 11) is 0. The van der Waals surface area contributed by atoms with Gasteiger partial charge in [-0.2, -0.15) is 0 Å². The van der Waals surface area contributed by atoms with Crippen molar-refractivity contribution in [2.24, 2.45) is 0 Å². The van der Waals surface area contributed by atoms with Gasteiger partial charge in [-0.3, -0.25) is 4.79 Å². The van der Waals surface area contributed by atoms with Crippen LogP contribution < -0.4 is 5.73 Å². The molecule has 1 atom stereocenters. The van der Waals surface area contributed by atoms with Gasteiger partial charge in [0.2, 0.25) is 0 Å². The number of rotatable bonds is 2. The van der Waals surface area contributed by atoms with Gasteiger partial charge in [0.1, 0.15) is 5.82 Å². The number of aromatic nitrogens is 1. The van der Waals surface area contributed by atoms with E-state index in [1.165, 1.54) is 12.3 Å². The Kier molecular flexibility index (Phi) is 4.00. The summed E-state index contributed by atoms with van der Waals surface area (Å²) >= 11 is 5.83. The Morgan fingerprint density at radius 2 is 2.50 bits per heavy atom. The molecule has 0 spiro atoms. The first-order valence-electron chi connectivity index (χ1n) is 5.54. The molecule has 1 fully saturated rings. The lowest BCUT2D eigenvalue weighted by molar-refractivity contribution is -0.0184. The number of nitrogen functional groups attached to an aromatic ring is 1. The van der Waals surface area contributed by atoms with Gasteiger partial charge in [0.25, 0.3) is 5.91 Å². The third kappa shape index (κ3) is 2.55. The molecule has 6 nitrogen and oxygen atoms in total.